The van der Waals surface area contributed by atoms with E-state index in [4.69, 9.17) is 5.73 Å². The molecule has 1 aliphatic rings. The molecule has 0 heterocycles. The summed E-state index contributed by atoms with van der Waals surface area (Å²) >= 11 is 0. The van der Waals surface area contributed by atoms with E-state index in [9.17, 15) is 4.79 Å². The zero-order valence-electron chi connectivity index (χ0n) is 8.63. The number of hydrogen-bond donors (Lipinski definition) is 1. The molecule has 0 aromatic heterocycles. The summed E-state index contributed by atoms with van der Waals surface area (Å²) in [6.07, 6.45) is 2.05. The van der Waals surface area contributed by atoms with Crippen LogP contribution in [0.1, 0.15) is 35.7 Å². The highest BCUT2D eigenvalue weighted by molar-refractivity contribution is 6.02. The SMILES string of the molecule is Cc1cc(C(=O)C2(C)CC2)ccc1N. The molecule has 1 saturated carbocycles. The van der Waals surface area contributed by atoms with Crippen LogP contribution in [-0.2, 0) is 0 Å². The number of hydrogen-bond acceptors (Lipinski definition) is 2. The average Bonchev–Trinajstić information content (AvgIpc) is 2.89. The summed E-state index contributed by atoms with van der Waals surface area (Å²) in [4.78, 5) is 12.0. The Kier molecular flexibility index (Phi) is 1.88. The fourth-order valence-corrected chi connectivity index (χ4v) is 1.58. The van der Waals surface area contributed by atoms with Crippen molar-refractivity contribution in [2.75, 3.05) is 5.73 Å². The van der Waals surface area contributed by atoms with Gasteiger partial charge in [0.1, 0.15) is 0 Å². The molecule has 0 radical (unpaired) electrons. The van der Waals surface area contributed by atoms with Crippen LogP contribution in [-0.4, -0.2) is 5.78 Å². The maximum absolute atomic E-state index is 12.0. The van der Waals surface area contributed by atoms with Crippen molar-refractivity contribution in [1.29, 1.82) is 0 Å². The highest BCUT2D eigenvalue weighted by Gasteiger charge is 2.44. The summed E-state index contributed by atoms with van der Waals surface area (Å²) < 4.78 is 0. The van der Waals surface area contributed by atoms with E-state index in [1.54, 1.807) is 0 Å². The Balaban J connectivity index is 2.33. The molecular weight excluding hydrogens is 174 g/mol. The largest absolute Gasteiger partial charge is 0.399 e. The molecule has 0 aliphatic heterocycles. The second-order valence-electron chi connectivity index (χ2n) is 4.46. The van der Waals surface area contributed by atoms with Crippen molar-refractivity contribution < 1.29 is 4.79 Å². The molecule has 2 N–H and O–H groups in total. The Morgan fingerprint density at radius 1 is 1.43 bits per heavy atom. The van der Waals surface area contributed by atoms with Crippen LogP contribution in [0.15, 0.2) is 18.2 Å². The zero-order valence-corrected chi connectivity index (χ0v) is 8.63. The van der Waals surface area contributed by atoms with Crippen molar-refractivity contribution in [3.8, 4) is 0 Å². The molecule has 1 aromatic rings. The van der Waals surface area contributed by atoms with Crippen LogP contribution in [0.3, 0.4) is 0 Å². The fraction of sp³-hybridized carbons (Fsp3) is 0.417. The number of nitrogens with two attached hydrogens (primary N) is 1. The van der Waals surface area contributed by atoms with Gasteiger partial charge in [-0.3, -0.25) is 4.79 Å². The molecule has 2 nitrogen and oxygen atoms in total. The minimum Gasteiger partial charge on any atom is -0.399 e. The third-order valence-corrected chi connectivity index (χ3v) is 3.08. The van der Waals surface area contributed by atoms with Crippen LogP contribution in [0.4, 0.5) is 5.69 Å². The molecular formula is C12H15NO. The van der Waals surface area contributed by atoms with E-state index in [1.807, 2.05) is 32.0 Å². The van der Waals surface area contributed by atoms with Crippen molar-refractivity contribution >= 4 is 11.5 Å². The van der Waals surface area contributed by atoms with E-state index in [2.05, 4.69) is 0 Å². The number of nitrogen functional groups attached to an aromatic ring is 1. The second-order valence-corrected chi connectivity index (χ2v) is 4.46. The molecule has 0 spiro atoms. The van der Waals surface area contributed by atoms with Gasteiger partial charge in [-0.15, -0.1) is 0 Å². The van der Waals surface area contributed by atoms with E-state index in [1.165, 1.54) is 0 Å². The first-order chi connectivity index (χ1) is 6.53. The highest BCUT2D eigenvalue weighted by atomic mass is 16.1. The molecule has 2 heteroatoms. The van der Waals surface area contributed by atoms with Gasteiger partial charge < -0.3 is 5.73 Å². The molecule has 0 atom stereocenters. The maximum atomic E-state index is 12.0. The number of benzene rings is 1. The molecule has 0 bridgehead atoms. The first-order valence-corrected chi connectivity index (χ1v) is 4.94. The summed E-state index contributed by atoms with van der Waals surface area (Å²) in [5.41, 5.74) is 8.16. The lowest BCUT2D eigenvalue weighted by molar-refractivity contribution is 0.0912. The van der Waals surface area contributed by atoms with Crippen molar-refractivity contribution in [1.82, 2.24) is 0 Å². The summed E-state index contributed by atoms with van der Waals surface area (Å²) in [5, 5.41) is 0. The molecule has 2 rings (SSSR count). The zero-order chi connectivity index (χ0) is 10.3. The summed E-state index contributed by atoms with van der Waals surface area (Å²) in [6, 6.07) is 5.53. The standard InChI is InChI=1S/C12H15NO/c1-8-7-9(3-4-10(8)13)11(14)12(2)5-6-12/h3-4,7H,5-6,13H2,1-2H3. The first kappa shape index (κ1) is 9.25. The molecule has 14 heavy (non-hydrogen) atoms. The molecule has 0 unspecified atom stereocenters. The van der Waals surface area contributed by atoms with Gasteiger partial charge in [0.25, 0.3) is 0 Å². The molecule has 0 amide bonds. The van der Waals surface area contributed by atoms with Crippen LogP contribution in [0, 0.1) is 12.3 Å². The number of rotatable bonds is 2. The quantitative estimate of drug-likeness (QED) is 0.574. The number of Topliss-reactive ketones (excluding diaryl/α,β-unsaturated/α-hetero) is 1. The number of ketones is 1. The number of anilines is 1. The molecule has 0 saturated heterocycles. The van der Waals surface area contributed by atoms with Gasteiger partial charge in [-0.2, -0.15) is 0 Å². The van der Waals surface area contributed by atoms with Gasteiger partial charge in [-0.1, -0.05) is 6.92 Å². The van der Waals surface area contributed by atoms with Gasteiger partial charge in [0, 0.05) is 16.7 Å². The summed E-state index contributed by atoms with van der Waals surface area (Å²) in [6.45, 7) is 3.96. The third kappa shape index (κ3) is 1.41. The third-order valence-electron chi connectivity index (χ3n) is 3.08. The number of aryl methyl sites for hydroxylation is 1. The molecule has 1 fully saturated rings. The normalized spacial score (nSPS) is 17.9. The Hall–Kier alpha value is -1.31. The topological polar surface area (TPSA) is 43.1 Å². The van der Waals surface area contributed by atoms with E-state index < -0.39 is 0 Å². The van der Waals surface area contributed by atoms with Crippen molar-refractivity contribution in [2.24, 2.45) is 5.41 Å². The Bertz CT molecular complexity index is 391. The van der Waals surface area contributed by atoms with Gasteiger partial charge in [0.15, 0.2) is 5.78 Å². The Morgan fingerprint density at radius 3 is 2.57 bits per heavy atom. The van der Waals surface area contributed by atoms with Crippen molar-refractivity contribution in [3.63, 3.8) is 0 Å². The van der Waals surface area contributed by atoms with E-state index in [0.717, 1.165) is 29.7 Å². The predicted octanol–water partition coefficient (Wildman–Crippen LogP) is 2.56. The predicted molar refractivity (Wildman–Crippen MR) is 57.3 cm³/mol. The van der Waals surface area contributed by atoms with E-state index in [-0.39, 0.29) is 11.2 Å². The van der Waals surface area contributed by atoms with Gasteiger partial charge >= 0.3 is 0 Å². The lowest BCUT2D eigenvalue weighted by atomic mass is 9.95. The van der Waals surface area contributed by atoms with E-state index >= 15 is 0 Å². The van der Waals surface area contributed by atoms with Crippen molar-refractivity contribution in [3.05, 3.63) is 29.3 Å². The van der Waals surface area contributed by atoms with Crippen LogP contribution >= 0.6 is 0 Å². The van der Waals surface area contributed by atoms with Gasteiger partial charge in [0.05, 0.1) is 0 Å². The second kappa shape index (κ2) is 2.84. The fourth-order valence-electron chi connectivity index (χ4n) is 1.58. The number of carbonyl (C=O) groups excluding carboxylic acids is 1. The minimum absolute atomic E-state index is 0.0808. The maximum Gasteiger partial charge on any atom is 0.168 e. The van der Waals surface area contributed by atoms with Gasteiger partial charge in [0.2, 0.25) is 0 Å². The monoisotopic (exact) mass is 189 g/mol. The van der Waals surface area contributed by atoms with Gasteiger partial charge in [-0.25, -0.2) is 0 Å². The Morgan fingerprint density at radius 2 is 2.07 bits per heavy atom. The average molecular weight is 189 g/mol. The highest BCUT2D eigenvalue weighted by Crippen LogP contribution is 2.47. The van der Waals surface area contributed by atoms with Crippen LogP contribution in [0.2, 0.25) is 0 Å². The molecule has 1 aliphatic carbocycles. The van der Waals surface area contributed by atoms with Crippen LogP contribution < -0.4 is 5.73 Å². The lowest BCUT2D eigenvalue weighted by Crippen LogP contribution is -2.12. The van der Waals surface area contributed by atoms with Crippen LogP contribution in [0.5, 0.6) is 0 Å². The first-order valence-electron chi connectivity index (χ1n) is 4.94. The lowest BCUT2D eigenvalue weighted by Gasteiger charge is -2.08. The van der Waals surface area contributed by atoms with Gasteiger partial charge in [-0.05, 0) is 43.5 Å². The Labute approximate surface area is 84.1 Å². The molecule has 74 valence electrons. The molecule has 1 aromatic carbocycles. The minimum atomic E-state index is -0.0808. The van der Waals surface area contributed by atoms with Crippen LogP contribution in [0.25, 0.3) is 0 Å². The summed E-state index contributed by atoms with van der Waals surface area (Å²) in [5.74, 6) is 0.264. The van der Waals surface area contributed by atoms with Crippen molar-refractivity contribution in [2.45, 2.75) is 26.7 Å². The van der Waals surface area contributed by atoms with E-state index in [0.29, 0.717) is 0 Å². The number of carbonyl (C=O) groups is 1. The smallest absolute Gasteiger partial charge is 0.168 e. The summed E-state index contributed by atoms with van der Waals surface area (Å²) in [7, 11) is 0.